The number of hydrogen-bond acceptors (Lipinski definition) is 2. The molecular weight excluding hydrogens is 322 g/mol. The van der Waals surface area contributed by atoms with Gasteiger partial charge in [0, 0.05) is 12.1 Å². The number of nitrogens with one attached hydrogen (secondary N) is 2. The summed E-state index contributed by atoms with van der Waals surface area (Å²) in [4.78, 5) is 17.0. The fourth-order valence-electron chi connectivity index (χ4n) is 2.44. The van der Waals surface area contributed by atoms with Crippen LogP contribution < -0.4 is 10.6 Å². The zero-order chi connectivity index (χ0) is 18.0. The average molecular weight is 343 g/mol. The summed E-state index contributed by atoms with van der Waals surface area (Å²) in [5.41, 5.74) is 2.80. The van der Waals surface area contributed by atoms with Crippen LogP contribution in [-0.2, 0) is 13.1 Å². The van der Waals surface area contributed by atoms with Crippen LogP contribution in [0, 0.1) is 0 Å². The van der Waals surface area contributed by atoms with Crippen molar-refractivity contribution in [1.82, 2.24) is 10.6 Å². The van der Waals surface area contributed by atoms with Crippen molar-refractivity contribution in [1.29, 1.82) is 0 Å². The van der Waals surface area contributed by atoms with E-state index in [0.29, 0.717) is 24.6 Å². The second-order valence-corrected chi connectivity index (χ2v) is 5.81. The monoisotopic (exact) mass is 343 g/mol. The van der Waals surface area contributed by atoms with Gasteiger partial charge in [-0.05, 0) is 23.3 Å². The molecular formula is C22H21N3O. The lowest BCUT2D eigenvalue weighted by molar-refractivity contribution is 0.0975. The SMILES string of the molecule is O=C(NC(=NCc1ccccc1)NCc1ccccc1)c1ccccc1. The van der Waals surface area contributed by atoms with Crippen LogP contribution in [0.15, 0.2) is 96.0 Å². The summed E-state index contributed by atoms with van der Waals surface area (Å²) >= 11 is 0. The molecule has 2 N–H and O–H groups in total. The van der Waals surface area contributed by atoms with E-state index in [0.717, 1.165) is 11.1 Å². The smallest absolute Gasteiger partial charge is 0.257 e. The zero-order valence-electron chi connectivity index (χ0n) is 14.4. The van der Waals surface area contributed by atoms with Gasteiger partial charge in [0.2, 0.25) is 0 Å². The van der Waals surface area contributed by atoms with Crippen LogP contribution in [-0.4, -0.2) is 11.9 Å². The number of guanidine groups is 1. The molecule has 0 heterocycles. The molecule has 3 aromatic carbocycles. The highest BCUT2D eigenvalue weighted by Crippen LogP contribution is 2.02. The van der Waals surface area contributed by atoms with Gasteiger partial charge in [0.15, 0.2) is 5.96 Å². The van der Waals surface area contributed by atoms with Crippen molar-refractivity contribution in [3.8, 4) is 0 Å². The summed E-state index contributed by atoms with van der Waals surface area (Å²) in [5.74, 6) is 0.282. The lowest BCUT2D eigenvalue weighted by atomic mass is 10.2. The number of hydrogen-bond donors (Lipinski definition) is 2. The van der Waals surface area contributed by atoms with Gasteiger partial charge >= 0.3 is 0 Å². The van der Waals surface area contributed by atoms with E-state index >= 15 is 0 Å². The Kier molecular flexibility index (Phi) is 6.15. The third-order valence-corrected chi connectivity index (χ3v) is 3.83. The van der Waals surface area contributed by atoms with Crippen LogP contribution in [0.25, 0.3) is 0 Å². The van der Waals surface area contributed by atoms with Crippen LogP contribution in [0.4, 0.5) is 0 Å². The van der Waals surface area contributed by atoms with Crippen LogP contribution in [0.1, 0.15) is 21.5 Å². The van der Waals surface area contributed by atoms with Gasteiger partial charge in [-0.3, -0.25) is 10.1 Å². The molecule has 130 valence electrons. The highest BCUT2D eigenvalue weighted by Gasteiger charge is 2.08. The molecule has 0 atom stereocenters. The molecule has 26 heavy (non-hydrogen) atoms. The van der Waals surface area contributed by atoms with Gasteiger partial charge < -0.3 is 5.32 Å². The van der Waals surface area contributed by atoms with Gasteiger partial charge in [-0.1, -0.05) is 78.9 Å². The van der Waals surface area contributed by atoms with Gasteiger partial charge in [-0.25, -0.2) is 4.99 Å². The number of amides is 1. The van der Waals surface area contributed by atoms with Crippen LogP contribution >= 0.6 is 0 Å². The molecule has 0 spiro atoms. The van der Waals surface area contributed by atoms with Crippen molar-refractivity contribution < 1.29 is 4.79 Å². The molecule has 0 aliphatic carbocycles. The van der Waals surface area contributed by atoms with Crippen molar-refractivity contribution in [3.63, 3.8) is 0 Å². The molecule has 3 aromatic rings. The summed E-state index contributed by atoms with van der Waals surface area (Å²) in [6.45, 7) is 1.08. The summed E-state index contributed by atoms with van der Waals surface area (Å²) < 4.78 is 0. The maximum atomic E-state index is 12.4. The van der Waals surface area contributed by atoms with E-state index in [2.05, 4.69) is 15.6 Å². The largest absolute Gasteiger partial charge is 0.352 e. The van der Waals surface area contributed by atoms with Gasteiger partial charge in [-0.2, -0.15) is 0 Å². The number of nitrogens with zero attached hydrogens (tertiary/aromatic N) is 1. The first kappa shape index (κ1) is 17.4. The summed E-state index contributed by atoms with van der Waals surface area (Å²) in [7, 11) is 0. The molecule has 0 fully saturated rings. The molecule has 4 nitrogen and oxygen atoms in total. The zero-order valence-corrected chi connectivity index (χ0v) is 14.4. The Bertz CT molecular complexity index is 846. The Morgan fingerprint density at radius 2 is 1.27 bits per heavy atom. The highest BCUT2D eigenvalue weighted by atomic mass is 16.1. The maximum Gasteiger partial charge on any atom is 0.257 e. The number of carbonyl (C=O) groups is 1. The van der Waals surface area contributed by atoms with Gasteiger partial charge in [-0.15, -0.1) is 0 Å². The molecule has 0 aromatic heterocycles. The first-order chi connectivity index (χ1) is 12.8. The van der Waals surface area contributed by atoms with E-state index in [9.17, 15) is 4.79 Å². The molecule has 0 aliphatic rings. The van der Waals surface area contributed by atoms with Gasteiger partial charge in [0.05, 0.1) is 6.54 Å². The predicted octanol–water partition coefficient (Wildman–Crippen LogP) is 3.76. The van der Waals surface area contributed by atoms with E-state index in [-0.39, 0.29) is 5.91 Å². The molecule has 0 aliphatic heterocycles. The van der Waals surface area contributed by atoms with Crippen LogP contribution in [0.2, 0.25) is 0 Å². The first-order valence-corrected chi connectivity index (χ1v) is 8.54. The number of rotatable bonds is 5. The highest BCUT2D eigenvalue weighted by molar-refractivity contribution is 6.05. The van der Waals surface area contributed by atoms with Crippen molar-refractivity contribution in [2.24, 2.45) is 4.99 Å². The minimum Gasteiger partial charge on any atom is -0.352 e. The Labute approximate surface area is 153 Å². The third kappa shape index (κ3) is 5.31. The average Bonchev–Trinajstić information content (AvgIpc) is 2.72. The quantitative estimate of drug-likeness (QED) is 0.547. The van der Waals surface area contributed by atoms with Crippen molar-refractivity contribution >= 4 is 11.9 Å². The van der Waals surface area contributed by atoms with Gasteiger partial charge in [0.1, 0.15) is 0 Å². The van der Waals surface area contributed by atoms with E-state index in [1.54, 1.807) is 12.1 Å². The van der Waals surface area contributed by atoms with E-state index in [1.807, 2.05) is 78.9 Å². The fourth-order valence-corrected chi connectivity index (χ4v) is 2.44. The van der Waals surface area contributed by atoms with Crippen molar-refractivity contribution in [2.45, 2.75) is 13.1 Å². The maximum absolute atomic E-state index is 12.4. The Morgan fingerprint density at radius 3 is 1.88 bits per heavy atom. The second-order valence-electron chi connectivity index (χ2n) is 5.81. The van der Waals surface area contributed by atoms with E-state index < -0.39 is 0 Å². The molecule has 4 heteroatoms. The Morgan fingerprint density at radius 1 is 0.731 bits per heavy atom. The van der Waals surface area contributed by atoms with Crippen molar-refractivity contribution in [2.75, 3.05) is 0 Å². The molecule has 0 unspecified atom stereocenters. The molecule has 0 saturated carbocycles. The minimum atomic E-state index is -0.182. The van der Waals surface area contributed by atoms with E-state index in [1.165, 1.54) is 0 Å². The number of aliphatic imine (C=N–C) groups is 1. The molecule has 0 bridgehead atoms. The standard InChI is InChI=1S/C22H21N3O/c26-21(20-14-8-3-9-15-20)25-22(23-16-18-10-4-1-5-11-18)24-17-19-12-6-2-7-13-19/h1-15H,16-17H2,(H2,23,24,25,26). The third-order valence-electron chi connectivity index (χ3n) is 3.83. The predicted molar refractivity (Wildman–Crippen MR) is 105 cm³/mol. The first-order valence-electron chi connectivity index (χ1n) is 8.54. The number of carbonyl (C=O) groups excluding carboxylic acids is 1. The summed E-state index contributed by atoms with van der Waals surface area (Å²) in [6.07, 6.45) is 0. The second kappa shape index (κ2) is 9.18. The topological polar surface area (TPSA) is 53.5 Å². The number of benzene rings is 3. The lowest BCUT2D eigenvalue weighted by Gasteiger charge is -2.12. The Balaban J connectivity index is 1.71. The molecule has 3 rings (SSSR count). The van der Waals surface area contributed by atoms with Crippen LogP contribution in [0.3, 0.4) is 0 Å². The fraction of sp³-hybridized carbons (Fsp3) is 0.0909. The minimum absolute atomic E-state index is 0.182. The molecule has 0 radical (unpaired) electrons. The van der Waals surface area contributed by atoms with Crippen LogP contribution in [0.5, 0.6) is 0 Å². The lowest BCUT2D eigenvalue weighted by Crippen LogP contribution is -2.40. The van der Waals surface area contributed by atoms with E-state index in [4.69, 9.17) is 0 Å². The normalized spacial score (nSPS) is 11.0. The van der Waals surface area contributed by atoms with Crippen molar-refractivity contribution in [3.05, 3.63) is 108 Å². The molecule has 0 saturated heterocycles. The summed E-state index contributed by atoms with van der Waals surface area (Å²) in [5, 5.41) is 6.10. The molecule has 1 amide bonds. The summed E-state index contributed by atoms with van der Waals surface area (Å²) in [6, 6.07) is 29.1. The van der Waals surface area contributed by atoms with Gasteiger partial charge in [0.25, 0.3) is 5.91 Å². The Hall–Kier alpha value is -3.40.